The number of carbonyl (C=O) groups excluding carboxylic acids is 1. The molecule has 37 heavy (non-hydrogen) atoms. The first-order valence-electron chi connectivity index (χ1n) is 13.1. The van der Waals surface area contributed by atoms with Crippen LogP contribution in [0.3, 0.4) is 0 Å². The molecule has 6 nitrogen and oxygen atoms in total. The van der Waals surface area contributed by atoms with Gasteiger partial charge in [0.1, 0.15) is 6.61 Å². The van der Waals surface area contributed by atoms with E-state index in [0.29, 0.717) is 30.9 Å². The number of nitrogens with zero attached hydrogens (tertiary/aromatic N) is 2. The highest BCUT2D eigenvalue weighted by Crippen LogP contribution is 2.36. The summed E-state index contributed by atoms with van der Waals surface area (Å²) in [6.45, 7) is 1.47. The number of hydrogen-bond donors (Lipinski definition) is 0. The summed E-state index contributed by atoms with van der Waals surface area (Å²) in [6.07, 6.45) is 5.83. The Morgan fingerprint density at radius 3 is 2.46 bits per heavy atom. The van der Waals surface area contributed by atoms with Crippen molar-refractivity contribution >= 4 is 23.0 Å². The molecule has 2 heterocycles. The van der Waals surface area contributed by atoms with E-state index in [1.165, 1.54) is 24.0 Å². The molecule has 1 aromatic heterocycles. The van der Waals surface area contributed by atoms with E-state index in [2.05, 4.69) is 30.3 Å². The molecule has 1 aliphatic heterocycles. The summed E-state index contributed by atoms with van der Waals surface area (Å²) in [7, 11) is 1.43. The minimum Gasteiger partial charge on any atom is -0.465 e. The third kappa shape index (κ3) is 6.40. The molecule has 0 spiro atoms. The molecular weight excluding hydrogens is 484 g/mol. The minimum atomic E-state index is -0.348. The van der Waals surface area contributed by atoms with Crippen LogP contribution in [0.5, 0.6) is 5.19 Å². The quantitative estimate of drug-likeness (QED) is 0.320. The van der Waals surface area contributed by atoms with E-state index in [-0.39, 0.29) is 12.2 Å². The van der Waals surface area contributed by atoms with Crippen molar-refractivity contribution in [1.82, 2.24) is 9.88 Å². The molecule has 0 bridgehead atoms. The summed E-state index contributed by atoms with van der Waals surface area (Å²) in [5, 5.41) is 2.64. The number of rotatable bonds is 8. The molecule has 0 saturated heterocycles. The maximum absolute atomic E-state index is 12.6. The van der Waals surface area contributed by atoms with Gasteiger partial charge in [-0.05, 0) is 55.6 Å². The monoisotopic (exact) mass is 518 g/mol. The Labute approximate surface area is 222 Å². The molecule has 3 aromatic rings. The van der Waals surface area contributed by atoms with E-state index < -0.39 is 0 Å². The lowest BCUT2D eigenvalue weighted by Gasteiger charge is -2.33. The van der Waals surface area contributed by atoms with Gasteiger partial charge in [0.05, 0.1) is 31.2 Å². The molecule has 7 heteroatoms. The molecule has 0 N–H and O–H groups in total. The van der Waals surface area contributed by atoms with Gasteiger partial charge in [0.25, 0.3) is 5.19 Å². The zero-order chi connectivity index (χ0) is 25.5. The third-order valence-corrected chi connectivity index (χ3v) is 8.03. The van der Waals surface area contributed by atoms with Crippen molar-refractivity contribution in [2.75, 3.05) is 20.3 Å². The predicted molar refractivity (Wildman–Crippen MR) is 146 cm³/mol. The lowest BCUT2D eigenvalue weighted by atomic mass is 9.83. The van der Waals surface area contributed by atoms with Gasteiger partial charge in [-0.3, -0.25) is 4.90 Å². The van der Waals surface area contributed by atoms with Crippen molar-refractivity contribution in [3.05, 3.63) is 88.6 Å². The van der Waals surface area contributed by atoms with Crippen LogP contribution >= 0.6 is 11.3 Å². The van der Waals surface area contributed by atoms with E-state index in [1.54, 1.807) is 4.90 Å². The zero-order valence-corrected chi connectivity index (χ0v) is 22.1. The molecular formula is C30H34N2O4S. The molecule has 2 aromatic carbocycles. The SMILES string of the molecule is COC(=O)N1CCCC(c2csc(OCc3ccccc3)n2)=C1COC1CCC(c2ccccc2)CC1. The van der Waals surface area contributed by atoms with Gasteiger partial charge in [0.2, 0.25) is 0 Å². The van der Waals surface area contributed by atoms with Crippen molar-refractivity contribution in [1.29, 1.82) is 0 Å². The number of methoxy groups -OCH3 is 1. The second-order valence-electron chi connectivity index (χ2n) is 9.62. The van der Waals surface area contributed by atoms with Gasteiger partial charge >= 0.3 is 6.09 Å². The van der Waals surface area contributed by atoms with Crippen LogP contribution in [0.15, 0.2) is 71.7 Å². The molecule has 0 unspecified atom stereocenters. The van der Waals surface area contributed by atoms with E-state index in [0.717, 1.165) is 61.1 Å². The van der Waals surface area contributed by atoms with Gasteiger partial charge in [0, 0.05) is 17.5 Å². The molecule has 0 atom stereocenters. The second kappa shape index (κ2) is 12.4. The van der Waals surface area contributed by atoms with Crippen LogP contribution in [0.1, 0.15) is 61.3 Å². The van der Waals surface area contributed by atoms with E-state index in [1.807, 2.05) is 35.7 Å². The number of aromatic nitrogens is 1. The lowest BCUT2D eigenvalue weighted by molar-refractivity contribution is 0.0276. The highest BCUT2D eigenvalue weighted by Gasteiger charge is 2.30. The fourth-order valence-corrected chi connectivity index (χ4v) is 5.96. The Balaban J connectivity index is 1.27. The topological polar surface area (TPSA) is 60.9 Å². The molecule has 194 valence electrons. The average Bonchev–Trinajstić information content (AvgIpc) is 3.44. The van der Waals surface area contributed by atoms with Gasteiger partial charge in [-0.15, -0.1) is 0 Å². The van der Waals surface area contributed by atoms with Crippen molar-refractivity contribution < 1.29 is 19.0 Å². The van der Waals surface area contributed by atoms with Crippen LogP contribution in [0.2, 0.25) is 0 Å². The summed E-state index contributed by atoms with van der Waals surface area (Å²) >= 11 is 1.48. The number of carbonyl (C=O) groups is 1. The fraction of sp³-hybridized carbons (Fsp3) is 0.400. The molecule has 2 aliphatic rings. The Morgan fingerprint density at radius 2 is 1.73 bits per heavy atom. The lowest BCUT2D eigenvalue weighted by Crippen LogP contribution is -2.37. The van der Waals surface area contributed by atoms with Crippen LogP contribution in [-0.4, -0.2) is 42.3 Å². The van der Waals surface area contributed by atoms with E-state index in [9.17, 15) is 4.79 Å². The summed E-state index contributed by atoms with van der Waals surface area (Å²) in [5.41, 5.74) is 5.28. The first-order valence-corrected chi connectivity index (χ1v) is 14.0. The van der Waals surface area contributed by atoms with Crippen molar-refractivity contribution in [2.45, 2.75) is 57.2 Å². The van der Waals surface area contributed by atoms with Crippen LogP contribution in [0, 0.1) is 0 Å². The number of thiazole rings is 1. The molecule has 1 saturated carbocycles. The van der Waals surface area contributed by atoms with Gasteiger partial charge in [0.15, 0.2) is 0 Å². The Morgan fingerprint density at radius 1 is 1.00 bits per heavy atom. The number of allylic oxidation sites excluding steroid dienone is 1. The Kier molecular flexibility index (Phi) is 8.53. The van der Waals surface area contributed by atoms with Crippen LogP contribution in [-0.2, 0) is 16.1 Å². The maximum Gasteiger partial charge on any atom is 0.413 e. The largest absolute Gasteiger partial charge is 0.465 e. The smallest absolute Gasteiger partial charge is 0.413 e. The maximum atomic E-state index is 12.6. The van der Waals surface area contributed by atoms with Crippen molar-refractivity contribution in [3.8, 4) is 5.19 Å². The van der Waals surface area contributed by atoms with Crippen LogP contribution < -0.4 is 4.74 Å². The highest BCUT2D eigenvalue weighted by atomic mass is 32.1. The number of amides is 1. The molecule has 1 aliphatic carbocycles. The van der Waals surface area contributed by atoms with Crippen LogP contribution in [0.25, 0.3) is 5.57 Å². The molecule has 0 radical (unpaired) electrons. The second-order valence-corrected chi connectivity index (χ2v) is 10.4. The molecule has 5 rings (SSSR count). The minimum absolute atomic E-state index is 0.190. The van der Waals surface area contributed by atoms with Gasteiger partial charge in [-0.2, -0.15) is 0 Å². The summed E-state index contributed by atoms with van der Waals surface area (Å²) in [6, 6.07) is 20.8. The third-order valence-electron chi connectivity index (χ3n) is 7.28. The van der Waals surface area contributed by atoms with Gasteiger partial charge in [-0.1, -0.05) is 72.0 Å². The zero-order valence-electron chi connectivity index (χ0n) is 21.3. The first-order chi connectivity index (χ1) is 18.2. The first kappa shape index (κ1) is 25.5. The van der Waals surface area contributed by atoms with E-state index in [4.69, 9.17) is 19.2 Å². The summed E-state index contributed by atoms with van der Waals surface area (Å²) in [5.74, 6) is 0.599. The summed E-state index contributed by atoms with van der Waals surface area (Å²) < 4.78 is 17.5. The standard InChI is InChI=1S/C30H34N2O4S/c1-34-30(33)32-18-8-13-26(27-21-37-29(31-27)36-19-22-9-4-2-5-10-22)28(32)20-35-25-16-14-24(15-17-25)23-11-6-3-7-12-23/h2-7,9-12,21,24-25H,8,13-20H2,1H3. The van der Waals surface area contributed by atoms with Crippen molar-refractivity contribution in [2.24, 2.45) is 0 Å². The summed E-state index contributed by atoms with van der Waals surface area (Å²) in [4.78, 5) is 19.1. The highest BCUT2D eigenvalue weighted by molar-refractivity contribution is 7.11. The van der Waals surface area contributed by atoms with E-state index >= 15 is 0 Å². The van der Waals surface area contributed by atoms with Crippen LogP contribution in [0.4, 0.5) is 4.79 Å². The van der Waals surface area contributed by atoms with Gasteiger partial charge in [-0.25, -0.2) is 9.78 Å². The number of benzene rings is 2. The average molecular weight is 519 g/mol. The number of hydrogen-bond acceptors (Lipinski definition) is 6. The fourth-order valence-electron chi connectivity index (χ4n) is 5.28. The normalized spacial score (nSPS) is 20.1. The molecule has 1 amide bonds. The Bertz CT molecular complexity index is 1190. The van der Waals surface area contributed by atoms with Gasteiger partial charge < -0.3 is 14.2 Å². The van der Waals surface area contributed by atoms with Crippen molar-refractivity contribution in [3.63, 3.8) is 0 Å². The predicted octanol–water partition coefficient (Wildman–Crippen LogP) is 7.04. The number of ether oxygens (including phenoxy) is 3. The Hall–Kier alpha value is -3.16. The molecule has 1 fully saturated rings.